The van der Waals surface area contributed by atoms with Crippen LogP contribution >= 0.6 is 0 Å². The van der Waals surface area contributed by atoms with Gasteiger partial charge in [0, 0.05) is 60.2 Å². The first-order valence-corrected chi connectivity index (χ1v) is 42.9. The van der Waals surface area contributed by atoms with Gasteiger partial charge >= 0.3 is 0 Å². The maximum absolute atomic E-state index is 6.48. The van der Waals surface area contributed by atoms with Crippen molar-refractivity contribution in [2.75, 3.05) is 0 Å². The van der Waals surface area contributed by atoms with E-state index in [0.717, 1.165) is 105 Å². The smallest absolute Gasteiger partial charge is 0.167 e. The fourth-order valence-electron chi connectivity index (χ4n) is 20.3. The Morgan fingerprint density at radius 3 is 0.967 bits per heavy atom. The van der Waals surface area contributed by atoms with E-state index in [1.807, 2.05) is 60.7 Å². The molecule has 8 heteroatoms. The summed E-state index contributed by atoms with van der Waals surface area (Å²) in [4.78, 5) is 30.7. The Morgan fingerprint density at radius 1 is 0.172 bits per heavy atom. The molecule has 16 aromatic carbocycles. The highest BCUT2D eigenvalue weighted by Gasteiger charge is 2.45. The molecule has 0 aliphatic heterocycles. The largest absolute Gasteiger partial charge is 0.456 e. The molecule has 580 valence electrons. The molecule has 8 nitrogen and oxygen atoms in total. The van der Waals surface area contributed by atoms with Crippen LogP contribution in [0.25, 0.3) is 201 Å². The van der Waals surface area contributed by atoms with E-state index in [9.17, 15) is 0 Å². The molecule has 4 aliphatic carbocycles. The monoisotopic (exact) mass is 1570 g/mol. The molecule has 0 N–H and O–H groups in total. The van der Waals surface area contributed by atoms with Gasteiger partial charge in [-0.25, -0.2) is 29.9 Å². The van der Waals surface area contributed by atoms with Gasteiger partial charge in [0.05, 0.1) is 5.56 Å². The molecule has 0 bridgehead atoms. The lowest BCUT2D eigenvalue weighted by Crippen LogP contribution is -2.27. The summed E-state index contributed by atoms with van der Waals surface area (Å²) in [6.45, 7) is 0. The van der Waals surface area contributed by atoms with E-state index in [4.69, 9.17) is 38.7 Å². The minimum atomic E-state index is 0.166. The lowest BCUT2D eigenvalue weighted by Gasteiger charge is -2.36. The predicted molar refractivity (Wildman–Crippen MR) is 498 cm³/mol. The topological polar surface area (TPSA) is 104 Å². The van der Waals surface area contributed by atoms with Crippen molar-refractivity contribution >= 4 is 43.9 Å². The van der Waals surface area contributed by atoms with Gasteiger partial charge in [0.1, 0.15) is 22.3 Å². The van der Waals surface area contributed by atoms with Crippen molar-refractivity contribution in [2.24, 2.45) is 0 Å². The summed E-state index contributed by atoms with van der Waals surface area (Å²) in [5.41, 5.74) is 34.8. The minimum Gasteiger partial charge on any atom is -0.456 e. The first-order valence-electron chi connectivity index (χ1n) is 42.9. The molecule has 0 unspecified atom stereocenters. The fourth-order valence-corrected chi connectivity index (χ4v) is 20.3. The molecule has 122 heavy (non-hydrogen) atoms. The first kappa shape index (κ1) is 72.4. The van der Waals surface area contributed by atoms with E-state index in [2.05, 4.69) is 315 Å². The van der Waals surface area contributed by atoms with E-state index in [1.54, 1.807) is 0 Å². The number of furan rings is 2. The lowest BCUT2D eigenvalue weighted by atomic mass is 9.68. The van der Waals surface area contributed by atoms with Gasteiger partial charge in [0.25, 0.3) is 0 Å². The molecule has 4 heterocycles. The second kappa shape index (κ2) is 30.2. The zero-order chi connectivity index (χ0) is 80.7. The highest BCUT2D eigenvalue weighted by Crippen LogP contribution is 2.58. The molecule has 0 saturated heterocycles. The SMILES string of the molecule is c1ccc(-c2ccc(-c3nc(-c4ccc(-c5cccc(-c6ccc7c(c6)-c6ccccc6C76CCCCC6)c5)cc4)nc(-c4ccc5c(c4)oc4ccccc45)n3)cc2)cc1.c1ccc(-c2cccc(-c3nc(-c4ccc(-c5cccc(-c6ccc7c(c6)-c6ccccc6C76CCCCC6)c5)cc4)nc(-c4cccc5c4oc4ccccc45)n3)c2)cc1. The van der Waals surface area contributed by atoms with Gasteiger partial charge < -0.3 is 8.83 Å². The molecule has 20 aromatic rings. The Hall–Kier alpha value is -14.9. The van der Waals surface area contributed by atoms with Crippen LogP contribution in [0, 0.1) is 0 Å². The number of fused-ring (bicyclic) bond motifs is 16. The van der Waals surface area contributed by atoms with Crippen LogP contribution in [0.5, 0.6) is 0 Å². The zero-order valence-electron chi connectivity index (χ0n) is 67.4. The van der Waals surface area contributed by atoms with Crippen LogP contribution in [0.3, 0.4) is 0 Å². The van der Waals surface area contributed by atoms with E-state index in [0.29, 0.717) is 34.9 Å². The molecule has 0 radical (unpaired) electrons. The van der Waals surface area contributed by atoms with Crippen LogP contribution in [-0.4, -0.2) is 29.9 Å². The third-order valence-electron chi connectivity index (χ3n) is 26.3. The number of para-hydroxylation sites is 3. The Bertz CT molecular complexity index is 7440. The van der Waals surface area contributed by atoms with Crippen molar-refractivity contribution in [3.63, 3.8) is 0 Å². The molecule has 24 rings (SSSR count). The quantitative estimate of drug-likeness (QED) is 0.119. The Labute approximate surface area is 708 Å². The number of rotatable bonds is 12. The van der Waals surface area contributed by atoms with Crippen LogP contribution in [0.4, 0.5) is 0 Å². The summed E-state index contributed by atoms with van der Waals surface area (Å²) >= 11 is 0. The van der Waals surface area contributed by atoms with Crippen LogP contribution < -0.4 is 0 Å². The van der Waals surface area contributed by atoms with Crippen molar-refractivity contribution in [2.45, 2.75) is 75.0 Å². The normalized spacial score (nSPS) is 14.0. The number of aromatic nitrogens is 6. The highest BCUT2D eigenvalue weighted by molar-refractivity contribution is 6.09. The van der Waals surface area contributed by atoms with Crippen LogP contribution in [0.2, 0.25) is 0 Å². The van der Waals surface area contributed by atoms with E-state index >= 15 is 0 Å². The van der Waals surface area contributed by atoms with Gasteiger partial charge in [-0.1, -0.05) is 354 Å². The van der Waals surface area contributed by atoms with Gasteiger partial charge in [-0.3, -0.25) is 0 Å². The Morgan fingerprint density at radius 2 is 0.467 bits per heavy atom. The van der Waals surface area contributed by atoms with Gasteiger partial charge in [-0.15, -0.1) is 0 Å². The third-order valence-corrected chi connectivity index (χ3v) is 26.3. The number of nitrogens with zero attached hydrogens (tertiary/aromatic N) is 6. The molecular formula is C114H82N6O2. The lowest BCUT2D eigenvalue weighted by molar-refractivity contribution is 0.353. The average molecular weight is 1570 g/mol. The van der Waals surface area contributed by atoms with Crippen molar-refractivity contribution in [3.8, 4) is 157 Å². The Kier molecular flexibility index (Phi) is 17.9. The molecular weight excluding hydrogens is 1490 g/mol. The van der Waals surface area contributed by atoms with Crippen molar-refractivity contribution in [1.82, 2.24) is 29.9 Å². The summed E-state index contributed by atoms with van der Waals surface area (Å²) in [5.74, 6) is 3.61. The summed E-state index contributed by atoms with van der Waals surface area (Å²) in [6, 6.07) is 134. The number of hydrogen-bond donors (Lipinski definition) is 0. The molecule has 4 aromatic heterocycles. The second-order valence-electron chi connectivity index (χ2n) is 33.3. The summed E-state index contributed by atoms with van der Waals surface area (Å²) in [6.07, 6.45) is 12.9. The molecule has 0 amide bonds. The third kappa shape index (κ3) is 12.8. The molecule has 2 saturated carbocycles. The van der Waals surface area contributed by atoms with E-state index < -0.39 is 0 Å². The highest BCUT2D eigenvalue weighted by atomic mass is 16.3. The summed E-state index contributed by atoms with van der Waals surface area (Å²) in [5, 5.41) is 4.26. The second-order valence-corrected chi connectivity index (χ2v) is 33.3. The molecule has 2 fully saturated rings. The zero-order valence-corrected chi connectivity index (χ0v) is 67.4. The van der Waals surface area contributed by atoms with Gasteiger partial charge in [-0.2, -0.15) is 0 Å². The summed E-state index contributed by atoms with van der Waals surface area (Å²) in [7, 11) is 0. The Balaban J connectivity index is 0.000000142. The maximum atomic E-state index is 6.48. The maximum Gasteiger partial charge on any atom is 0.167 e. The minimum absolute atomic E-state index is 0.166. The van der Waals surface area contributed by atoms with Gasteiger partial charge in [0.2, 0.25) is 0 Å². The molecule has 2 spiro atoms. The van der Waals surface area contributed by atoms with Crippen LogP contribution in [0.1, 0.15) is 86.5 Å². The molecule has 4 aliphatic rings. The van der Waals surface area contributed by atoms with Crippen molar-refractivity contribution in [3.05, 3.63) is 398 Å². The number of benzene rings is 16. The standard InChI is InChI=1S/2C57H41N3O/c1-3-14-37(15-4-1)41-17-12-19-44(35-41)55-58-54(59-56(60-55)48-23-13-22-47-46-21-6-8-25-52(46)61-53(47)48)39-28-26-38(27-29-39)40-16-11-18-42(34-40)43-30-31-51-49(36-43)45-20-5-7-24-50(45)57(51)32-9-2-10-33-57;1-3-12-37(13-4-1)38-20-24-40(25-21-38)54-58-55(60-56(59-54)45-28-30-48-47-17-6-8-19-52(47)61-53(48)36-45)41-26-22-39(23-27-41)42-14-11-15-43(34-42)44-29-31-51-49(35-44)46-16-5-7-18-50(46)57(51)32-9-2-10-33-57/h2*1,3-8,11-31,34-36H,2,9-10,32-33H2. The average Bonchev–Trinajstić information content (AvgIpc) is 1.57. The van der Waals surface area contributed by atoms with Gasteiger partial charge in [-0.05, 0) is 198 Å². The van der Waals surface area contributed by atoms with Gasteiger partial charge in [0.15, 0.2) is 34.9 Å². The number of hydrogen-bond acceptors (Lipinski definition) is 8. The predicted octanol–water partition coefficient (Wildman–Crippen LogP) is 30.0. The summed E-state index contributed by atoms with van der Waals surface area (Å²) < 4.78 is 12.8. The first-order chi connectivity index (χ1) is 60.3. The molecule has 0 atom stereocenters. The van der Waals surface area contributed by atoms with Crippen LogP contribution in [0.15, 0.2) is 385 Å². The van der Waals surface area contributed by atoms with Crippen molar-refractivity contribution < 1.29 is 8.83 Å². The van der Waals surface area contributed by atoms with E-state index in [1.165, 1.54) is 148 Å². The van der Waals surface area contributed by atoms with Crippen LogP contribution in [-0.2, 0) is 10.8 Å². The van der Waals surface area contributed by atoms with E-state index in [-0.39, 0.29) is 10.8 Å². The fraction of sp³-hybridized carbons (Fsp3) is 0.105. The van der Waals surface area contributed by atoms with Crippen molar-refractivity contribution in [1.29, 1.82) is 0 Å².